The molecule has 0 radical (unpaired) electrons. The van der Waals surface area contributed by atoms with E-state index >= 15 is 0 Å². The van der Waals surface area contributed by atoms with Gasteiger partial charge in [0.1, 0.15) is 17.3 Å². The summed E-state index contributed by atoms with van der Waals surface area (Å²) in [6.07, 6.45) is 1.57. The lowest BCUT2D eigenvalue weighted by molar-refractivity contribution is -0.132. The zero-order valence-electron chi connectivity index (χ0n) is 17.2. The number of anilines is 1. The predicted molar refractivity (Wildman–Crippen MR) is 118 cm³/mol. The third-order valence-corrected chi connectivity index (χ3v) is 4.96. The Balaban J connectivity index is 1.84. The molecule has 6 nitrogen and oxygen atoms in total. The van der Waals surface area contributed by atoms with Gasteiger partial charge < -0.3 is 9.84 Å². The van der Waals surface area contributed by atoms with Gasteiger partial charge in [0.15, 0.2) is 0 Å². The van der Waals surface area contributed by atoms with Gasteiger partial charge in [0, 0.05) is 11.8 Å². The van der Waals surface area contributed by atoms with Crippen LogP contribution in [0, 0.1) is 0 Å². The Morgan fingerprint density at radius 3 is 2.26 bits per heavy atom. The Kier molecular flexibility index (Phi) is 5.54. The molecule has 1 N–H and O–H groups in total. The number of Topliss-reactive ketones (excluding diaryl/α,β-unsaturated/α-hetero) is 1. The molecular formula is C25H22N2O4. The van der Waals surface area contributed by atoms with Crippen LogP contribution < -0.4 is 9.64 Å². The van der Waals surface area contributed by atoms with Crippen LogP contribution in [0.2, 0.25) is 0 Å². The summed E-state index contributed by atoms with van der Waals surface area (Å²) in [6.45, 7) is 3.85. The Morgan fingerprint density at radius 1 is 0.968 bits per heavy atom. The van der Waals surface area contributed by atoms with E-state index in [1.54, 1.807) is 48.7 Å². The van der Waals surface area contributed by atoms with Gasteiger partial charge in [-0.1, -0.05) is 36.4 Å². The first-order valence-electron chi connectivity index (χ1n) is 10.0. The lowest BCUT2D eigenvalue weighted by atomic mass is 9.95. The lowest BCUT2D eigenvalue weighted by Crippen LogP contribution is -2.30. The summed E-state index contributed by atoms with van der Waals surface area (Å²) < 4.78 is 5.64. The van der Waals surface area contributed by atoms with Crippen LogP contribution in [0.3, 0.4) is 0 Å². The number of hydrogen-bond acceptors (Lipinski definition) is 5. The number of aromatic nitrogens is 1. The molecule has 1 amide bonds. The fourth-order valence-corrected chi connectivity index (χ4v) is 3.63. The minimum Gasteiger partial charge on any atom is -0.507 e. The molecule has 3 aromatic rings. The number of hydrogen-bond donors (Lipinski definition) is 1. The molecule has 31 heavy (non-hydrogen) atoms. The smallest absolute Gasteiger partial charge is 0.301 e. The van der Waals surface area contributed by atoms with Crippen molar-refractivity contribution in [3.63, 3.8) is 0 Å². The highest BCUT2D eigenvalue weighted by Gasteiger charge is 2.47. The third kappa shape index (κ3) is 3.92. The van der Waals surface area contributed by atoms with E-state index in [1.807, 2.05) is 44.2 Å². The number of aliphatic hydroxyl groups excluding tert-OH is 1. The highest BCUT2D eigenvalue weighted by atomic mass is 16.5. The van der Waals surface area contributed by atoms with Crippen LogP contribution in [0.15, 0.2) is 84.6 Å². The molecular weight excluding hydrogens is 392 g/mol. The van der Waals surface area contributed by atoms with Crippen LogP contribution >= 0.6 is 0 Å². The second kappa shape index (κ2) is 8.44. The number of aliphatic hydroxyl groups is 1. The molecule has 156 valence electrons. The standard InChI is InChI=1S/C25H22N2O4/c1-16(2)31-19-13-11-18(12-14-19)23(28)21-22(17-8-4-3-5-9-17)27(25(30)24(21)29)20-10-6-7-15-26-20/h3-16,22,28H,1-2H3. The van der Waals surface area contributed by atoms with Crippen molar-refractivity contribution in [1.82, 2.24) is 4.98 Å². The van der Waals surface area contributed by atoms with Crippen molar-refractivity contribution in [3.05, 3.63) is 95.7 Å². The number of pyridine rings is 1. The minimum absolute atomic E-state index is 0.0150. The van der Waals surface area contributed by atoms with Gasteiger partial charge in [0.25, 0.3) is 5.78 Å². The molecule has 0 saturated carbocycles. The van der Waals surface area contributed by atoms with Crippen molar-refractivity contribution < 1.29 is 19.4 Å². The number of amides is 1. The van der Waals surface area contributed by atoms with Crippen molar-refractivity contribution in [2.75, 3.05) is 4.90 Å². The number of ether oxygens (including phenoxy) is 1. The summed E-state index contributed by atoms with van der Waals surface area (Å²) in [5.74, 6) is -0.714. The van der Waals surface area contributed by atoms with Gasteiger partial charge in [-0.15, -0.1) is 0 Å². The Bertz CT molecular complexity index is 1120. The van der Waals surface area contributed by atoms with Crippen LogP contribution in [0.5, 0.6) is 5.75 Å². The Hall–Kier alpha value is -3.93. The van der Waals surface area contributed by atoms with Crippen LogP contribution in [0.4, 0.5) is 5.82 Å². The molecule has 0 spiro atoms. The van der Waals surface area contributed by atoms with Gasteiger partial charge in [-0.05, 0) is 55.8 Å². The first kappa shape index (κ1) is 20.3. The van der Waals surface area contributed by atoms with E-state index in [9.17, 15) is 14.7 Å². The molecule has 1 atom stereocenters. The van der Waals surface area contributed by atoms with Crippen LogP contribution in [0.1, 0.15) is 31.0 Å². The molecule has 6 heteroatoms. The minimum atomic E-state index is -0.789. The van der Waals surface area contributed by atoms with Gasteiger partial charge in [-0.3, -0.25) is 14.5 Å². The average Bonchev–Trinajstić information content (AvgIpc) is 3.05. The Labute approximate surface area is 180 Å². The molecule has 1 aliphatic rings. The molecule has 1 fully saturated rings. The SMILES string of the molecule is CC(C)Oc1ccc(C(O)=C2C(=O)C(=O)N(c3ccccn3)C2c2ccccc2)cc1. The zero-order chi connectivity index (χ0) is 22.0. The van der Waals surface area contributed by atoms with Gasteiger partial charge in [-0.2, -0.15) is 0 Å². The average molecular weight is 414 g/mol. The molecule has 0 bridgehead atoms. The monoisotopic (exact) mass is 414 g/mol. The van der Waals surface area contributed by atoms with Gasteiger partial charge in [0.05, 0.1) is 17.7 Å². The van der Waals surface area contributed by atoms with E-state index in [2.05, 4.69) is 4.98 Å². The maximum absolute atomic E-state index is 13.0. The van der Waals surface area contributed by atoms with E-state index in [4.69, 9.17) is 4.74 Å². The highest BCUT2D eigenvalue weighted by Crippen LogP contribution is 2.41. The van der Waals surface area contributed by atoms with E-state index in [1.165, 1.54) is 4.90 Å². The molecule has 2 aromatic carbocycles. The van der Waals surface area contributed by atoms with Crippen molar-refractivity contribution in [3.8, 4) is 5.75 Å². The third-order valence-electron chi connectivity index (χ3n) is 4.96. The molecule has 2 heterocycles. The normalized spacial score (nSPS) is 17.9. The number of carbonyl (C=O) groups is 2. The first-order valence-corrected chi connectivity index (χ1v) is 10.0. The van der Waals surface area contributed by atoms with Gasteiger partial charge >= 0.3 is 5.91 Å². The van der Waals surface area contributed by atoms with E-state index in [-0.39, 0.29) is 17.4 Å². The van der Waals surface area contributed by atoms with E-state index < -0.39 is 17.7 Å². The first-order chi connectivity index (χ1) is 15.0. The number of rotatable bonds is 5. The number of ketones is 1. The molecule has 1 saturated heterocycles. The van der Waals surface area contributed by atoms with Gasteiger partial charge in [-0.25, -0.2) is 4.98 Å². The second-order valence-electron chi connectivity index (χ2n) is 7.46. The van der Waals surface area contributed by atoms with Crippen molar-refractivity contribution >= 4 is 23.3 Å². The molecule has 4 rings (SSSR count). The van der Waals surface area contributed by atoms with Crippen LogP contribution in [0.25, 0.3) is 5.76 Å². The maximum atomic E-state index is 13.0. The fraction of sp³-hybridized carbons (Fsp3) is 0.160. The van der Waals surface area contributed by atoms with Crippen LogP contribution in [-0.4, -0.2) is 27.9 Å². The largest absolute Gasteiger partial charge is 0.507 e. The lowest BCUT2D eigenvalue weighted by Gasteiger charge is -2.24. The Morgan fingerprint density at radius 2 is 1.65 bits per heavy atom. The summed E-state index contributed by atoms with van der Waals surface area (Å²) in [5.41, 5.74) is 1.16. The summed E-state index contributed by atoms with van der Waals surface area (Å²) in [5, 5.41) is 11.1. The summed E-state index contributed by atoms with van der Waals surface area (Å²) in [6, 6.07) is 20.3. The van der Waals surface area contributed by atoms with Crippen molar-refractivity contribution in [2.45, 2.75) is 26.0 Å². The topological polar surface area (TPSA) is 79.7 Å². The number of benzene rings is 2. The second-order valence-corrected chi connectivity index (χ2v) is 7.46. The summed E-state index contributed by atoms with van der Waals surface area (Å²) in [7, 11) is 0. The molecule has 1 aromatic heterocycles. The van der Waals surface area contributed by atoms with Crippen LogP contribution in [-0.2, 0) is 9.59 Å². The van der Waals surface area contributed by atoms with E-state index in [0.29, 0.717) is 22.7 Å². The molecule has 1 unspecified atom stereocenters. The molecule has 1 aliphatic heterocycles. The van der Waals surface area contributed by atoms with E-state index in [0.717, 1.165) is 0 Å². The highest BCUT2D eigenvalue weighted by molar-refractivity contribution is 6.51. The predicted octanol–water partition coefficient (Wildman–Crippen LogP) is 4.50. The fourth-order valence-electron chi connectivity index (χ4n) is 3.63. The summed E-state index contributed by atoms with van der Waals surface area (Å²) in [4.78, 5) is 31.6. The quantitative estimate of drug-likeness (QED) is 0.378. The maximum Gasteiger partial charge on any atom is 0.301 e. The number of carbonyl (C=O) groups excluding carboxylic acids is 2. The van der Waals surface area contributed by atoms with Crippen molar-refractivity contribution in [1.29, 1.82) is 0 Å². The zero-order valence-corrected chi connectivity index (χ0v) is 17.2. The summed E-state index contributed by atoms with van der Waals surface area (Å²) >= 11 is 0. The van der Waals surface area contributed by atoms with Crippen molar-refractivity contribution in [2.24, 2.45) is 0 Å². The number of nitrogens with zero attached hydrogens (tertiary/aromatic N) is 2. The van der Waals surface area contributed by atoms with Gasteiger partial charge in [0.2, 0.25) is 0 Å². The molecule has 0 aliphatic carbocycles.